The summed E-state index contributed by atoms with van der Waals surface area (Å²) in [5.74, 6) is 0.934. The molecule has 1 unspecified atom stereocenters. The minimum Gasteiger partial charge on any atom is -0.381 e. The van der Waals surface area contributed by atoms with E-state index in [1.54, 1.807) is 35.4 Å². The smallest absolute Gasteiger partial charge is 0.257 e. The van der Waals surface area contributed by atoms with E-state index in [9.17, 15) is 9.00 Å². The fourth-order valence-corrected chi connectivity index (χ4v) is 4.69. The first-order valence-electron chi connectivity index (χ1n) is 9.48. The van der Waals surface area contributed by atoms with Gasteiger partial charge in [-0.15, -0.1) is 0 Å². The summed E-state index contributed by atoms with van der Waals surface area (Å²) in [7, 11) is -0.942. The number of imidazole rings is 1. The molecule has 1 aliphatic rings. The van der Waals surface area contributed by atoms with E-state index in [4.69, 9.17) is 4.74 Å². The molecule has 1 saturated heterocycles. The molecule has 29 heavy (non-hydrogen) atoms. The molecule has 1 aliphatic heterocycles. The standard InChI is InChI=1S/C21H22N4O3S/c26-21(17-4-5-20(23-13-17)25-9-8-22-15-25)24-18-3-1-2-16(12-18)14-29(27)19-6-10-28-11-7-19/h1-5,8-9,12-13,15,19H,6-7,10-11,14H2,(H,24,26). The van der Waals surface area contributed by atoms with Crippen molar-refractivity contribution in [3.05, 3.63) is 72.4 Å². The van der Waals surface area contributed by atoms with E-state index in [0.717, 1.165) is 18.4 Å². The average Bonchev–Trinajstić information content (AvgIpc) is 3.30. The van der Waals surface area contributed by atoms with Crippen LogP contribution in [0.3, 0.4) is 0 Å². The highest BCUT2D eigenvalue weighted by Crippen LogP contribution is 2.19. The van der Waals surface area contributed by atoms with Gasteiger partial charge in [-0.05, 0) is 42.7 Å². The number of amides is 1. The van der Waals surface area contributed by atoms with Gasteiger partial charge in [0.05, 0.1) is 5.56 Å². The van der Waals surface area contributed by atoms with Gasteiger partial charge in [0, 0.05) is 59.3 Å². The maximum absolute atomic E-state index is 12.6. The van der Waals surface area contributed by atoms with Crippen molar-refractivity contribution in [1.82, 2.24) is 14.5 Å². The zero-order chi connectivity index (χ0) is 20.1. The maximum atomic E-state index is 12.6. The van der Waals surface area contributed by atoms with E-state index in [2.05, 4.69) is 15.3 Å². The van der Waals surface area contributed by atoms with Gasteiger partial charge >= 0.3 is 0 Å². The summed E-state index contributed by atoms with van der Waals surface area (Å²) in [6.07, 6.45) is 8.32. The molecule has 0 saturated carbocycles. The van der Waals surface area contributed by atoms with Crippen LogP contribution < -0.4 is 5.32 Å². The quantitative estimate of drug-likeness (QED) is 0.675. The molecule has 0 aliphatic carbocycles. The topological polar surface area (TPSA) is 86.1 Å². The van der Waals surface area contributed by atoms with Crippen LogP contribution in [-0.2, 0) is 21.3 Å². The second-order valence-electron chi connectivity index (χ2n) is 6.87. The van der Waals surface area contributed by atoms with Crippen molar-refractivity contribution < 1.29 is 13.7 Å². The summed E-state index contributed by atoms with van der Waals surface area (Å²) in [6, 6.07) is 11.0. The van der Waals surface area contributed by atoms with Crippen LogP contribution in [0.4, 0.5) is 5.69 Å². The summed E-state index contributed by atoms with van der Waals surface area (Å²) >= 11 is 0. The highest BCUT2D eigenvalue weighted by molar-refractivity contribution is 7.84. The predicted octanol–water partition coefficient (Wildman–Crippen LogP) is 2.95. The van der Waals surface area contributed by atoms with Gasteiger partial charge in [-0.1, -0.05) is 12.1 Å². The number of nitrogens with one attached hydrogen (secondary N) is 1. The molecule has 1 amide bonds. The molecule has 4 rings (SSSR count). The number of ether oxygens (including phenoxy) is 1. The zero-order valence-electron chi connectivity index (χ0n) is 15.9. The molecule has 1 fully saturated rings. The van der Waals surface area contributed by atoms with Gasteiger partial charge in [0.15, 0.2) is 0 Å². The molecule has 0 bridgehead atoms. The zero-order valence-corrected chi connectivity index (χ0v) is 16.7. The summed E-state index contributed by atoms with van der Waals surface area (Å²) in [4.78, 5) is 20.8. The number of hydrogen-bond acceptors (Lipinski definition) is 5. The van der Waals surface area contributed by atoms with E-state index in [-0.39, 0.29) is 11.2 Å². The number of pyridine rings is 1. The van der Waals surface area contributed by atoms with Crippen molar-refractivity contribution in [2.45, 2.75) is 23.8 Å². The molecule has 8 heteroatoms. The highest BCUT2D eigenvalue weighted by Gasteiger charge is 2.20. The van der Waals surface area contributed by atoms with Crippen LogP contribution in [0, 0.1) is 0 Å². The largest absolute Gasteiger partial charge is 0.381 e. The Morgan fingerprint density at radius 3 is 2.83 bits per heavy atom. The Balaban J connectivity index is 1.39. The molecule has 0 spiro atoms. The Kier molecular flexibility index (Phi) is 6.12. The third-order valence-corrected chi connectivity index (χ3v) is 6.65. The molecule has 1 aromatic carbocycles. The van der Waals surface area contributed by atoms with Crippen molar-refractivity contribution in [1.29, 1.82) is 0 Å². The summed E-state index contributed by atoms with van der Waals surface area (Å²) < 4.78 is 19.7. The Labute approximate surface area is 171 Å². The average molecular weight is 410 g/mol. The number of carbonyl (C=O) groups is 1. The Morgan fingerprint density at radius 2 is 2.10 bits per heavy atom. The first-order valence-corrected chi connectivity index (χ1v) is 10.9. The predicted molar refractivity (Wildman–Crippen MR) is 111 cm³/mol. The van der Waals surface area contributed by atoms with E-state index < -0.39 is 10.8 Å². The second-order valence-corrected chi connectivity index (χ2v) is 8.58. The number of anilines is 1. The van der Waals surface area contributed by atoms with Crippen LogP contribution in [-0.4, -0.2) is 43.1 Å². The number of hydrogen-bond donors (Lipinski definition) is 1. The van der Waals surface area contributed by atoms with Crippen LogP contribution >= 0.6 is 0 Å². The number of nitrogens with zero attached hydrogens (tertiary/aromatic N) is 3. The lowest BCUT2D eigenvalue weighted by molar-refractivity contribution is 0.0991. The molecular formula is C21H22N4O3S. The first kappa shape index (κ1) is 19.5. The normalized spacial score (nSPS) is 15.7. The monoisotopic (exact) mass is 410 g/mol. The molecule has 0 radical (unpaired) electrons. The number of benzene rings is 1. The van der Waals surface area contributed by atoms with Gasteiger partial charge in [0.1, 0.15) is 12.1 Å². The first-order chi connectivity index (χ1) is 14.2. The van der Waals surface area contributed by atoms with Gasteiger partial charge in [-0.2, -0.15) is 0 Å². The fraction of sp³-hybridized carbons (Fsp3) is 0.286. The summed E-state index contributed by atoms with van der Waals surface area (Å²) in [5.41, 5.74) is 2.08. The van der Waals surface area contributed by atoms with Crippen molar-refractivity contribution in [3.63, 3.8) is 0 Å². The molecule has 1 atom stereocenters. The second kappa shape index (κ2) is 9.11. The van der Waals surface area contributed by atoms with Crippen LogP contribution in [0.1, 0.15) is 28.8 Å². The maximum Gasteiger partial charge on any atom is 0.257 e. The number of aromatic nitrogens is 3. The minimum atomic E-state index is -0.942. The molecule has 7 nitrogen and oxygen atoms in total. The lowest BCUT2D eigenvalue weighted by Gasteiger charge is -2.21. The Morgan fingerprint density at radius 1 is 1.24 bits per heavy atom. The Bertz CT molecular complexity index is 983. The van der Waals surface area contributed by atoms with E-state index in [1.165, 1.54) is 6.20 Å². The third-order valence-electron chi connectivity index (χ3n) is 4.81. The Hall–Kier alpha value is -2.84. The van der Waals surface area contributed by atoms with Crippen LogP contribution in [0.15, 0.2) is 61.3 Å². The van der Waals surface area contributed by atoms with E-state index >= 15 is 0 Å². The van der Waals surface area contributed by atoms with Crippen LogP contribution in [0.5, 0.6) is 0 Å². The SMILES string of the molecule is O=C(Nc1cccc(CS(=O)C2CCOCC2)c1)c1ccc(-n2ccnc2)nc1. The molecule has 2 aromatic heterocycles. The van der Waals surface area contributed by atoms with Gasteiger partial charge in [0.25, 0.3) is 5.91 Å². The van der Waals surface area contributed by atoms with Gasteiger partial charge in [-0.3, -0.25) is 13.6 Å². The summed E-state index contributed by atoms with van der Waals surface area (Å²) in [5, 5.41) is 3.07. The summed E-state index contributed by atoms with van der Waals surface area (Å²) in [6.45, 7) is 1.36. The van der Waals surface area contributed by atoms with E-state index in [1.807, 2.05) is 24.3 Å². The molecule has 3 heterocycles. The molecular weight excluding hydrogens is 388 g/mol. The third kappa shape index (κ3) is 4.96. The number of carbonyl (C=O) groups excluding carboxylic acids is 1. The lowest BCUT2D eigenvalue weighted by atomic mass is 10.2. The molecule has 3 aromatic rings. The highest BCUT2D eigenvalue weighted by atomic mass is 32.2. The number of rotatable bonds is 6. The van der Waals surface area contributed by atoms with Crippen molar-refractivity contribution in [2.24, 2.45) is 0 Å². The van der Waals surface area contributed by atoms with Crippen LogP contribution in [0.2, 0.25) is 0 Å². The van der Waals surface area contributed by atoms with Gasteiger partial charge in [0.2, 0.25) is 0 Å². The van der Waals surface area contributed by atoms with Crippen LogP contribution in [0.25, 0.3) is 5.82 Å². The lowest BCUT2D eigenvalue weighted by Crippen LogP contribution is -2.25. The van der Waals surface area contributed by atoms with E-state index in [0.29, 0.717) is 36.0 Å². The van der Waals surface area contributed by atoms with Crippen molar-refractivity contribution in [3.8, 4) is 5.82 Å². The molecule has 1 N–H and O–H groups in total. The fourth-order valence-electron chi connectivity index (χ4n) is 3.23. The van der Waals surface area contributed by atoms with Gasteiger partial charge in [-0.25, -0.2) is 9.97 Å². The minimum absolute atomic E-state index is 0.182. The molecule has 150 valence electrons. The van der Waals surface area contributed by atoms with Gasteiger partial charge < -0.3 is 10.1 Å². The van der Waals surface area contributed by atoms with Crippen molar-refractivity contribution in [2.75, 3.05) is 18.5 Å². The van der Waals surface area contributed by atoms with Crippen molar-refractivity contribution >= 4 is 22.4 Å².